The molecule has 1 aliphatic heterocycles. The van der Waals surface area contributed by atoms with Crippen LogP contribution in [0.2, 0.25) is 0 Å². The van der Waals surface area contributed by atoms with Crippen LogP contribution in [0.15, 0.2) is 60.7 Å². The summed E-state index contributed by atoms with van der Waals surface area (Å²) in [5.41, 5.74) is -0.876. The monoisotopic (exact) mass is 931 g/mol. The van der Waals surface area contributed by atoms with E-state index in [1.54, 1.807) is 32.7 Å². The molecule has 1 unspecified atom stereocenters. The van der Waals surface area contributed by atoms with Gasteiger partial charge in [-0.25, -0.2) is 0 Å². The van der Waals surface area contributed by atoms with Gasteiger partial charge in [-0.1, -0.05) is 129 Å². The molecule has 0 aromatic heterocycles. The van der Waals surface area contributed by atoms with Crippen molar-refractivity contribution < 1.29 is 43.8 Å². The molecular weight excluding hydrogens is 853 g/mol. The zero-order valence-electron chi connectivity index (χ0n) is 41.4. The van der Waals surface area contributed by atoms with E-state index in [2.05, 4.69) is 21.3 Å². The number of nitrogens with one attached hydrogen (secondary N) is 4. The summed E-state index contributed by atoms with van der Waals surface area (Å²) in [6.07, 6.45) is 4.26. The van der Waals surface area contributed by atoms with Crippen molar-refractivity contribution in [2.75, 3.05) is 26.7 Å². The minimum Gasteiger partial charge on any atom is -0.481 e. The maximum atomic E-state index is 14.6. The predicted molar refractivity (Wildman–Crippen MR) is 257 cm³/mol. The summed E-state index contributed by atoms with van der Waals surface area (Å²) in [5.74, 6) is -5.82. The molecule has 4 rings (SSSR count). The van der Waals surface area contributed by atoms with Crippen LogP contribution in [-0.4, -0.2) is 118 Å². The number of carbonyl (C=O) groups is 7. The van der Waals surface area contributed by atoms with Gasteiger partial charge in [-0.2, -0.15) is 0 Å². The van der Waals surface area contributed by atoms with Gasteiger partial charge in [0, 0.05) is 26.1 Å². The van der Waals surface area contributed by atoms with E-state index >= 15 is 0 Å². The smallest absolute Gasteiger partial charge is 0.312 e. The molecule has 67 heavy (non-hydrogen) atoms. The summed E-state index contributed by atoms with van der Waals surface area (Å²) >= 11 is 0. The van der Waals surface area contributed by atoms with E-state index < -0.39 is 95.5 Å². The molecule has 2 fully saturated rings. The van der Waals surface area contributed by atoms with E-state index in [9.17, 15) is 43.8 Å². The number of carbonyl (C=O) groups excluding carboxylic acids is 6. The summed E-state index contributed by atoms with van der Waals surface area (Å²) in [5, 5.41) is 31.9. The van der Waals surface area contributed by atoms with Crippen LogP contribution in [-0.2, 0) is 46.4 Å². The van der Waals surface area contributed by atoms with Gasteiger partial charge >= 0.3 is 5.97 Å². The zero-order valence-corrected chi connectivity index (χ0v) is 41.4. The Morgan fingerprint density at radius 3 is 1.81 bits per heavy atom. The molecular formula is C52H78N6O9. The Kier molecular flexibility index (Phi) is 19.5. The molecule has 2 aromatic rings. The summed E-state index contributed by atoms with van der Waals surface area (Å²) in [7, 11) is 1.61. The van der Waals surface area contributed by atoms with Crippen LogP contribution in [0.3, 0.4) is 0 Å². The lowest BCUT2D eigenvalue weighted by molar-refractivity contribution is -0.155. The average molecular weight is 931 g/mol. The minimum absolute atomic E-state index is 0.0968. The van der Waals surface area contributed by atoms with Crippen LogP contribution in [0.4, 0.5) is 0 Å². The number of rotatable bonds is 22. The number of benzene rings is 2. The maximum absolute atomic E-state index is 14.6. The van der Waals surface area contributed by atoms with Crippen molar-refractivity contribution in [3.8, 4) is 0 Å². The lowest BCUT2D eigenvalue weighted by atomic mass is 9.77. The molecule has 370 valence electrons. The van der Waals surface area contributed by atoms with E-state index in [0.29, 0.717) is 51.6 Å². The summed E-state index contributed by atoms with van der Waals surface area (Å²) in [6, 6.07) is 13.4. The number of aliphatic hydroxyl groups is 1. The van der Waals surface area contributed by atoms with Crippen LogP contribution >= 0.6 is 0 Å². The molecule has 0 spiro atoms. The molecule has 0 bridgehead atoms. The van der Waals surface area contributed by atoms with Gasteiger partial charge in [-0.15, -0.1) is 0 Å². The second-order valence-electron chi connectivity index (χ2n) is 21.5. The fourth-order valence-corrected chi connectivity index (χ4v) is 9.70. The molecule has 1 aliphatic carbocycles. The molecule has 6 amide bonds. The molecule has 2 aromatic carbocycles. The number of carboxylic acid groups (broad SMARTS) is 1. The van der Waals surface area contributed by atoms with Gasteiger partial charge < -0.3 is 41.3 Å². The molecule has 2 aliphatic rings. The van der Waals surface area contributed by atoms with Gasteiger partial charge in [0.1, 0.15) is 24.2 Å². The van der Waals surface area contributed by atoms with Crippen molar-refractivity contribution in [1.82, 2.24) is 31.1 Å². The van der Waals surface area contributed by atoms with Crippen molar-refractivity contribution in [2.24, 2.45) is 28.1 Å². The fourth-order valence-electron chi connectivity index (χ4n) is 9.70. The Morgan fingerprint density at radius 1 is 0.731 bits per heavy atom. The fraction of sp³-hybridized carbons (Fsp3) is 0.635. The predicted octanol–water partition coefficient (Wildman–Crippen LogP) is 5.03. The summed E-state index contributed by atoms with van der Waals surface area (Å²) in [4.78, 5) is 102. The number of hydrogen-bond donors (Lipinski definition) is 6. The van der Waals surface area contributed by atoms with Gasteiger partial charge in [0.2, 0.25) is 35.4 Å². The first kappa shape index (κ1) is 54.3. The van der Waals surface area contributed by atoms with Crippen LogP contribution in [0.1, 0.15) is 124 Å². The first-order valence-corrected chi connectivity index (χ1v) is 24.2. The second-order valence-corrected chi connectivity index (χ2v) is 21.5. The number of carboxylic acids is 1. The third-order valence-electron chi connectivity index (χ3n) is 13.3. The Morgan fingerprint density at radius 2 is 1.30 bits per heavy atom. The highest BCUT2D eigenvalue weighted by molar-refractivity contribution is 5.99. The lowest BCUT2D eigenvalue weighted by Gasteiger charge is -2.37. The van der Waals surface area contributed by atoms with Crippen molar-refractivity contribution in [2.45, 2.75) is 156 Å². The van der Waals surface area contributed by atoms with Gasteiger partial charge in [0.05, 0.1) is 24.5 Å². The summed E-state index contributed by atoms with van der Waals surface area (Å²) in [6.45, 7) is 15.2. The van der Waals surface area contributed by atoms with E-state index in [0.717, 1.165) is 24.0 Å². The van der Waals surface area contributed by atoms with E-state index in [1.165, 1.54) is 4.90 Å². The topological polar surface area (TPSA) is 215 Å². The van der Waals surface area contributed by atoms with Crippen LogP contribution in [0.25, 0.3) is 0 Å². The number of likely N-dealkylation sites (N-methyl/N-ethyl adjacent to an activating group) is 1. The van der Waals surface area contributed by atoms with E-state index in [-0.39, 0.29) is 30.1 Å². The van der Waals surface area contributed by atoms with Gasteiger partial charge in [-0.3, -0.25) is 33.6 Å². The molecule has 15 nitrogen and oxygen atoms in total. The van der Waals surface area contributed by atoms with E-state index in [4.69, 9.17) is 0 Å². The second kappa shape index (κ2) is 24.1. The Balaban J connectivity index is 1.63. The number of amides is 6. The van der Waals surface area contributed by atoms with Crippen LogP contribution in [0, 0.1) is 28.1 Å². The molecule has 6 atom stereocenters. The minimum atomic E-state index is -1.69. The third-order valence-corrected chi connectivity index (χ3v) is 13.3. The first-order valence-electron chi connectivity index (χ1n) is 24.2. The molecule has 0 radical (unpaired) electrons. The quantitative estimate of drug-likeness (QED) is 0.0933. The molecule has 6 N–H and O–H groups in total. The van der Waals surface area contributed by atoms with Crippen molar-refractivity contribution >= 4 is 41.4 Å². The standard InChI is InChI=1S/C52H78N6O9/c1-34(2)41(57(9)48(65)37(30-36-22-14-11-15-23-36)25-24-35-20-12-10-13-21-35)45(62)55-42(51(6,7)8)46(63)54-39(31-40(60)58-28-18-19-29-58)44(61)56-43(52(49(66)67)26-16-17-27-52)47(64)53-38(33-59)32-50(3,4)5/h10-15,20-23,34,37-39,41-43,59H,16-19,24-33H2,1-9H3,(H,53,64)(H,54,63)(H,55,62)(H,56,61)(H,66,67)/t37?,38-,39-,41-,42+,43+/m0/s1. The molecule has 1 saturated carbocycles. The Hall–Kier alpha value is -5.31. The normalized spacial score (nSPS) is 17.6. The van der Waals surface area contributed by atoms with Gasteiger partial charge in [-0.05, 0) is 79.2 Å². The Bertz CT molecular complexity index is 1980. The third kappa shape index (κ3) is 15.4. The molecule has 1 saturated heterocycles. The number of hydrogen-bond acceptors (Lipinski definition) is 8. The number of aliphatic hydroxyl groups excluding tert-OH is 1. The van der Waals surface area contributed by atoms with E-state index in [1.807, 2.05) is 95.3 Å². The zero-order chi connectivity index (χ0) is 49.7. The highest BCUT2D eigenvalue weighted by Crippen LogP contribution is 2.42. The van der Waals surface area contributed by atoms with Crippen LogP contribution in [0.5, 0.6) is 0 Å². The highest BCUT2D eigenvalue weighted by atomic mass is 16.4. The van der Waals surface area contributed by atoms with Crippen molar-refractivity contribution in [3.63, 3.8) is 0 Å². The van der Waals surface area contributed by atoms with Crippen molar-refractivity contribution in [3.05, 3.63) is 71.8 Å². The highest BCUT2D eigenvalue weighted by Gasteiger charge is 2.53. The summed E-state index contributed by atoms with van der Waals surface area (Å²) < 4.78 is 0. The van der Waals surface area contributed by atoms with Crippen molar-refractivity contribution in [1.29, 1.82) is 0 Å². The van der Waals surface area contributed by atoms with Crippen LogP contribution < -0.4 is 21.3 Å². The maximum Gasteiger partial charge on any atom is 0.312 e. The SMILES string of the molecule is CC(C)[C@@H](C(=O)N[C@H](C(=O)N[C@@H](CC(=O)N1CCCC1)C(=O)N[C@H](C(=O)N[C@H](CO)CC(C)(C)C)C1(C(=O)O)CCCC1)C(C)(C)C)N(C)C(=O)C(CCc1ccccc1)Cc1ccccc1. The largest absolute Gasteiger partial charge is 0.481 e. The lowest BCUT2D eigenvalue weighted by Crippen LogP contribution is -2.64. The first-order chi connectivity index (χ1) is 31.5. The number of likely N-dealkylation sites (tertiary alicyclic amines) is 1. The molecule has 1 heterocycles. The average Bonchev–Trinajstić information content (AvgIpc) is 4.00. The number of aliphatic carboxylic acids is 1. The molecule has 15 heteroatoms. The van der Waals surface area contributed by atoms with Gasteiger partial charge in [0.25, 0.3) is 0 Å². The Labute approximate surface area is 398 Å². The number of nitrogens with zero attached hydrogens (tertiary/aromatic N) is 2. The van der Waals surface area contributed by atoms with Gasteiger partial charge in [0.15, 0.2) is 0 Å². The number of aryl methyl sites for hydroxylation is 1.